The molecule has 2 heterocycles. The molecule has 4 rings (SSSR count). The van der Waals surface area contributed by atoms with E-state index in [9.17, 15) is 19.8 Å². The lowest BCUT2D eigenvalue weighted by Crippen LogP contribution is -2.42. The fraction of sp³-hybridized carbons (Fsp3) is 0.429. The van der Waals surface area contributed by atoms with Crippen LogP contribution in [0.3, 0.4) is 0 Å². The van der Waals surface area contributed by atoms with Crippen molar-refractivity contribution in [3.8, 4) is 22.9 Å². The zero-order valence-corrected chi connectivity index (χ0v) is 22.8. The van der Waals surface area contributed by atoms with Crippen LogP contribution >= 0.6 is 0 Å². The highest BCUT2D eigenvalue weighted by Crippen LogP contribution is 2.39. The fourth-order valence-electron chi connectivity index (χ4n) is 4.12. The summed E-state index contributed by atoms with van der Waals surface area (Å²) in [4.78, 5) is 28.4. The monoisotopic (exact) mass is 537 g/mol. The number of aryl methyl sites for hydroxylation is 3. The van der Waals surface area contributed by atoms with Gasteiger partial charge in [0.05, 0.1) is 11.8 Å². The molecule has 0 spiro atoms. The molecule has 2 unspecified atom stereocenters. The van der Waals surface area contributed by atoms with Crippen molar-refractivity contribution in [3.05, 3.63) is 53.3 Å². The Morgan fingerprint density at radius 2 is 1.95 bits per heavy atom. The summed E-state index contributed by atoms with van der Waals surface area (Å²) in [6, 6.07) is 11.0. The van der Waals surface area contributed by atoms with Gasteiger partial charge in [-0.3, -0.25) is 4.79 Å². The van der Waals surface area contributed by atoms with E-state index in [0.717, 1.165) is 11.4 Å². The van der Waals surface area contributed by atoms with Crippen LogP contribution in [0.25, 0.3) is 11.4 Å². The van der Waals surface area contributed by atoms with Crippen LogP contribution < -0.4 is 20.1 Å². The SMILES string of the molecule is Cc1ccc(-c2nc(C)n(CCC(C)(C)NCC(O)c3cc(OC(=O)C(C)O)cc4c3OCC(=O)N4)n2)cc1. The molecule has 208 valence electrons. The second kappa shape index (κ2) is 11.5. The molecule has 0 saturated carbocycles. The second-order valence-electron chi connectivity index (χ2n) is 10.4. The highest BCUT2D eigenvalue weighted by molar-refractivity contribution is 5.96. The van der Waals surface area contributed by atoms with Gasteiger partial charge in [0.25, 0.3) is 5.91 Å². The van der Waals surface area contributed by atoms with Gasteiger partial charge < -0.3 is 30.3 Å². The summed E-state index contributed by atoms with van der Waals surface area (Å²) in [6.45, 7) is 9.90. The number of nitrogens with one attached hydrogen (secondary N) is 2. The van der Waals surface area contributed by atoms with Gasteiger partial charge in [0.2, 0.25) is 0 Å². The summed E-state index contributed by atoms with van der Waals surface area (Å²) in [6.07, 6.45) is -1.67. The highest BCUT2D eigenvalue weighted by atomic mass is 16.5. The number of fused-ring (bicyclic) bond motifs is 1. The van der Waals surface area contributed by atoms with Crippen molar-refractivity contribution in [2.75, 3.05) is 18.5 Å². The number of aliphatic hydroxyl groups is 2. The number of benzene rings is 2. The van der Waals surface area contributed by atoms with E-state index in [0.29, 0.717) is 30.1 Å². The molecule has 0 radical (unpaired) electrons. The van der Waals surface area contributed by atoms with Crippen molar-refractivity contribution in [2.24, 2.45) is 0 Å². The van der Waals surface area contributed by atoms with E-state index in [1.165, 1.54) is 24.6 Å². The number of carbonyl (C=O) groups excluding carboxylic acids is 2. The molecule has 1 aliphatic heterocycles. The molecule has 2 aromatic carbocycles. The van der Waals surface area contributed by atoms with Crippen LogP contribution in [0, 0.1) is 13.8 Å². The number of hydrogen-bond donors (Lipinski definition) is 4. The Balaban J connectivity index is 1.43. The minimum Gasteiger partial charge on any atom is -0.481 e. The van der Waals surface area contributed by atoms with E-state index in [-0.39, 0.29) is 36.0 Å². The number of esters is 1. The number of hydrogen-bond acceptors (Lipinski definition) is 9. The standard InChI is InChI=1S/C28H35N5O6/c1-16-6-8-19(9-7-16)26-30-18(3)33(32-26)11-10-28(4,5)29-14-23(35)21-12-20(39-27(37)17(2)34)13-22-25(21)38-15-24(36)31-22/h6-9,12-13,17,23,29,34-35H,10-11,14-15H2,1-5H3,(H,31,36). The highest BCUT2D eigenvalue weighted by Gasteiger charge is 2.27. The molecule has 0 bridgehead atoms. The first-order valence-corrected chi connectivity index (χ1v) is 12.8. The fourth-order valence-corrected chi connectivity index (χ4v) is 4.12. The lowest BCUT2D eigenvalue weighted by molar-refractivity contribution is -0.142. The summed E-state index contributed by atoms with van der Waals surface area (Å²) in [7, 11) is 0. The predicted molar refractivity (Wildman–Crippen MR) is 144 cm³/mol. The molecule has 0 aliphatic carbocycles. The number of carbonyl (C=O) groups is 2. The van der Waals surface area contributed by atoms with Crippen LogP contribution in [0.15, 0.2) is 36.4 Å². The van der Waals surface area contributed by atoms with Crippen LogP contribution in [0.4, 0.5) is 5.69 Å². The first kappa shape index (κ1) is 28.2. The zero-order chi connectivity index (χ0) is 28.3. The molecule has 0 saturated heterocycles. The van der Waals surface area contributed by atoms with E-state index in [2.05, 4.69) is 20.7 Å². The van der Waals surface area contributed by atoms with Gasteiger partial charge in [0.15, 0.2) is 12.4 Å². The summed E-state index contributed by atoms with van der Waals surface area (Å²) < 4.78 is 12.7. The van der Waals surface area contributed by atoms with Crippen molar-refractivity contribution < 1.29 is 29.3 Å². The van der Waals surface area contributed by atoms with Crippen molar-refractivity contribution >= 4 is 17.6 Å². The van der Waals surface area contributed by atoms with Gasteiger partial charge in [0, 0.05) is 35.8 Å². The van der Waals surface area contributed by atoms with Crippen LogP contribution in [-0.2, 0) is 16.1 Å². The Bertz CT molecular complexity index is 1350. The number of amides is 1. The minimum atomic E-state index is -1.33. The number of aliphatic hydroxyl groups excluding tert-OH is 2. The molecule has 11 heteroatoms. The number of aromatic nitrogens is 3. The topological polar surface area (TPSA) is 148 Å². The summed E-state index contributed by atoms with van der Waals surface area (Å²) in [5.74, 6) is 0.657. The molecule has 11 nitrogen and oxygen atoms in total. The maximum atomic E-state index is 11.9. The van der Waals surface area contributed by atoms with Gasteiger partial charge in [-0.25, -0.2) is 14.5 Å². The van der Waals surface area contributed by atoms with Gasteiger partial charge >= 0.3 is 5.97 Å². The summed E-state index contributed by atoms with van der Waals surface area (Å²) >= 11 is 0. The van der Waals surface area contributed by atoms with Crippen molar-refractivity contribution in [2.45, 2.75) is 65.3 Å². The first-order chi connectivity index (χ1) is 18.4. The third-order valence-electron chi connectivity index (χ3n) is 6.52. The number of β-amino-alcohol motifs (C(OH)–C–C–N with tert-alkyl or cyclic N) is 1. The van der Waals surface area contributed by atoms with Gasteiger partial charge in [-0.05, 0) is 47.1 Å². The van der Waals surface area contributed by atoms with Gasteiger partial charge in [-0.15, -0.1) is 0 Å². The summed E-state index contributed by atoms with van der Waals surface area (Å²) in [5.41, 5.74) is 2.38. The number of nitrogens with zero attached hydrogens (tertiary/aromatic N) is 3. The Morgan fingerprint density at radius 1 is 1.23 bits per heavy atom. The molecule has 1 amide bonds. The van der Waals surface area contributed by atoms with E-state index >= 15 is 0 Å². The average Bonchev–Trinajstić information content (AvgIpc) is 3.26. The van der Waals surface area contributed by atoms with Crippen LogP contribution in [-0.4, -0.2) is 61.6 Å². The smallest absolute Gasteiger partial charge is 0.340 e. The van der Waals surface area contributed by atoms with Crippen molar-refractivity contribution in [1.29, 1.82) is 0 Å². The third-order valence-corrected chi connectivity index (χ3v) is 6.52. The Kier molecular flexibility index (Phi) is 8.34. The Labute approximate surface area is 227 Å². The molecule has 2 atom stereocenters. The third kappa shape index (κ3) is 6.99. The van der Waals surface area contributed by atoms with E-state index in [1.807, 2.05) is 56.6 Å². The van der Waals surface area contributed by atoms with Gasteiger partial charge in [-0.1, -0.05) is 29.8 Å². The lowest BCUT2D eigenvalue weighted by atomic mass is 9.99. The minimum absolute atomic E-state index is 0.0739. The first-order valence-electron chi connectivity index (χ1n) is 12.8. The molecule has 4 N–H and O–H groups in total. The predicted octanol–water partition coefficient (Wildman–Crippen LogP) is 2.67. The maximum Gasteiger partial charge on any atom is 0.340 e. The van der Waals surface area contributed by atoms with E-state index in [4.69, 9.17) is 9.47 Å². The Morgan fingerprint density at radius 3 is 2.64 bits per heavy atom. The number of anilines is 1. The second-order valence-corrected chi connectivity index (χ2v) is 10.4. The molecule has 3 aromatic rings. The van der Waals surface area contributed by atoms with Gasteiger partial charge in [-0.2, -0.15) is 5.10 Å². The summed E-state index contributed by atoms with van der Waals surface area (Å²) in [5, 5.41) is 31.3. The average molecular weight is 538 g/mol. The van der Waals surface area contributed by atoms with E-state index < -0.39 is 18.2 Å². The normalized spacial score (nSPS) is 14.7. The molecule has 1 aliphatic rings. The molecule has 39 heavy (non-hydrogen) atoms. The molecular weight excluding hydrogens is 502 g/mol. The van der Waals surface area contributed by atoms with Crippen LogP contribution in [0.1, 0.15) is 50.2 Å². The van der Waals surface area contributed by atoms with Crippen molar-refractivity contribution in [3.63, 3.8) is 0 Å². The van der Waals surface area contributed by atoms with Crippen LogP contribution in [0.5, 0.6) is 11.5 Å². The molecular formula is C28H35N5O6. The molecule has 1 aromatic heterocycles. The lowest BCUT2D eigenvalue weighted by Gasteiger charge is -2.29. The Hall–Kier alpha value is -3.80. The van der Waals surface area contributed by atoms with Crippen molar-refractivity contribution in [1.82, 2.24) is 20.1 Å². The van der Waals surface area contributed by atoms with Gasteiger partial charge in [0.1, 0.15) is 23.4 Å². The van der Waals surface area contributed by atoms with Crippen LogP contribution in [0.2, 0.25) is 0 Å². The van der Waals surface area contributed by atoms with E-state index in [1.54, 1.807) is 0 Å². The maximum absolute atomic E-state index is 11.9. The number of ether oxygens (including phenoxy) is 2. The zero-order valence-electron chi connectivity index (χ0n) is 22.8. The quantitative estimate of drug-likeness (QED) is 0.226. The largest absolute Gasteiger partial charge is 0.481 e. The number of rotatable bonds is 10. The molecule has 0 fully saturated rings.